The summed E-state index contributed by atoms with van der Waals surface area (Å²) in [6.07, 6.45) is 0. The van der Waals surface area contributed by atoms with Crippen LogP contribution in [-0.2, 0) is 0 Å². The summed E-state index contributed by atoms with van der Waals surface area (Å²) in [4.78, 5) is 0. The van der Waals surface area contributed by atoms with Crippen LogP contribution in [0.1, 0.15) is 11.1 Å². The number of benzene rings is 8. The Balaban J connectivity index is 1.52. The quantitative estimate of drug-likeness (QED) is 0.140. The number of fused-ring (bicyclic) bond motifs is 2. The molecule has 0 amide bonds. The Morgan fingerprint density at radius 2 is 0.712 bits per heavy atom. The van der Waals surface area contributed by atoms with E-state index >= 15 is 0 Å². The predicted molar refractivity (Wildman–Crippen MR) is 216 cm³/mol. The van der Waals surface area contributed by atoms with Crippen LogP contribution < -0.4 is 30.3 Å². The number of hydrogen-bond donors (Lipinski definition) is 0. The van der Waals surface area contributed by atoms with E-state index in [0.717, 1.165) is 65.4 Å². The predicted octanol–water partition coefficient (Wildman–Crippen LogP) is 10.3. The first-order chi connectivity index (χ1) is 25.7. The number of hydrogen-bond acceptors (Lipinski definition) is 4. The summed E-state index contributed by atoms with van der Waals surface area (Å²) in [6.45, 7) is 0. The van der Waals surface area contributed by atoms with Crippen LogP contribution in [0.25, 0.3) is 32.7 Å². The molecular weight excluding hydrogens is 674 g/mol. The van der Waals surface area contributed by atoms with E-state index in [9.17, 15) is 10.5 Å². The topological polar surface area (TPSA) is 66.0 Å². The zero-order chi connectivity index (χ0) is 35.3. The van der Waals surface area contributed by atoms with Gasteiger partial charge in [0.15, 0.2) is 16.3 Å². The van der Waals surface area contributed by atoms with Gasteiger partial charge >= 0.3 is 0 Å². The summed E-state index contributed by atoms with van der Waals surface area (Å²) < 4.78 is 14.0. The van der Waals surface area contributed by atoms with Crippen molar-refractivity contribution in [3.8, 4) is 34.8 Å². The molecule has 0 aliphatic heterocycles. The van der Waals surface area contributed by atoms with Crippen molar-refractivity contribution in [2.45, 2.75) is 0 Å². The molecular formula is C46H30N2O2P2. The molecule has 0 aromatic heterocycles. The Hall–Kier alpha value is -6.28. The Morgan fingerprint density at radius 1 is 0.346 bits per heavy atom. The molecule has 0 N–H and O–H groups in total. The molecule has 0 saturated carbocycles. The average molecular weight is 705 g/mol. The summed E-state index contributed by atoms with van der Waals surface area (Å²) in [5.74, 6) is 1.52. The third-order valence-electron chi connectivity index (χ3n) is 8.87. The van der Waals surface area contributed by atoms with Crippen LogP contribution in [0.5, 0.6) is 11.5 Å². The summed E-state index contributed by atoms with van der Waals surface area (Å²) in [7, 11) is -2.88. The van der Waals surface area contributed by atoms with Gasteiger partial charge < -0.3 is 9.05 Å². The fourth-order valence-electron chi connectivity index (χ4n) is 6.53. The van der Waals surface area contributed by atoms with E-state index in [0.29, 0.717) is 11.1 Å². The van der Waals surface area contributed by atoms with Crippen molar-refractivity contribution in [1.29, 1.82) is 10.5 Å². The van der Waals surface area contributed by atoms with Crippen molar-refractivity contribution >= 4 is 59.1 Å². The molecule has 2 unspecified atom stereocenters. The van der Waals surface area contributed by atoms with E-state index in [1.54, 1.807) is 0 Å². The minimum atomic E-state index is -1.44. The highest BCUT2D eigenvalue weighted by Crippen LogP contribution is 2.47. The van der Waals surface area contributed by atoms with Crippen LogP contribution in [0.3, 0.4) is 0 Å². The highest BCUT2D eigenvalue weighted by molar-refractivity contribution is 7.70. The van der Waals surface area contributed by atoms with Gasteiger partial charge in [0.05, 0.1) is 23.3 Å². The van der Waals surface area contributed by atoms with Crippen molar-refractivity contribution in [3.05, 3.63) is 193 Å². The van der Waals surface area contributed by atoms with Crippen LogP contribution in [-0.4, -0.2) is 0 Å². The van der Waals surface area contributed by atoms with Crippen molar-refractivity contribution in [2.24, 2.45) is 0 Å². The van der Waals surface area contributed by atoms with Crippen LogP contribution in [0.2, 0.25) is 0 Å². The van der Waals surface area contributed by atoms with E-state index in [4.69, 9.17) is 9.05 Å². The lowest BCUT2D eigenvalue weighted by atomic mass is 9.91. The largest absolute Gasteiger partial charge is 0.464 e. The van der Waals surface area contributed by atoms with Crippen LogP contribution >= 0.6 is 16.3 Å². The summed E-state index contributed by atoms with van der Waals surface area (Å²) in [5.41, 5.74) is 3.08. The van der Waals surface area contributed by atoms with Gasteiger partial charge in [0, 0.05) is 43.1 Å². The molecule has 52 heavy (non-hydrogen) atoms. The number of nitriles is 2. The summed E-state index contributed by atoms with van der Waals surface area (Å²) >= 11 is 0. The van der Waals surface area contributed by atoms with E-state index < -0.39 is 16.3 Å². The molecule has 8 aromatic carbocycles. The van der Waals surface area contributed by atoms with E-state index in [-0.39, 0.29) is 0 Å². The maximum Gasteiger partial charge on any atom is 0.151 e. The fourth-order valence-corrected chi connectivity index (χ4v) is 10.3. The van der Waals surface area contributed by atoms with Gasteiger partial charge in [-0.15, -0.1) is 0 Å². The first kappa shape index (κ1) is 32.9. The van der Waals surface area contributed by atoms with Gasteiger partial charge in [0.2, 0.25) is 0 Å². The van der Waals surface area contributed by atoms with E-state index in [2.05, 4.69) is 60.7 Å². The minimum absolute atomic E-state index is 0.587. The Labute approximate surface area is 305 Å². The maximum atomic E-state index is 10.3. The highest BCUT2D eigenvalue weighted by atomic mass is 31.1. The van der Waals surface area contributed by atoms with Gasteiger partial charge in [0.1, 0.15) is 11.5 Å². The molecule has 246 valence electrons. The Kier molecular flexibility index (Phi) is 9.43. The number of rotatable bonds is 9. The standard InChI is InChI=1S/C46H30N2O2P2/c47-31-33-15-13-25-41-39(33)27-29-43(51(37-21-9-3-10-22-37)49-35-17-5-1-6-18-35)45(41)46-42-26-14-16-34(32-48)40(42)28-30-44(46)52(38-23-11-4-12-24-38)50-36-19-7-2-8-20-36/h1-30H. The van der Waals surface area contributed by atoms with Crippen molar-refractivity contribution in [1.82, 2.24) is 0 Å². The van der Waals surface area contributed by atoms with Crippen molar-refractivity contribution in [3.63, 3.8) is 0 Å². The Bertz CT molecular complexity index is 2420. The lowest BCUT2D eigenvalue weighted by Crippen LogP contribution is -2.23. The second-order valence-corrected chi connectivity index (χ2v) is 15.6. The van der Waals surface area contributed by atoms with Crippen LogP contribution in [0, 0.1) is 22.7 Å². The smallest absolute Gasteiger partial charge is 0.151 e. The van der Waals surface area contributed by atoms with Gasteiger partial charge in [-0.3, -0.25) is 0 Å². The Morgan fingerprint density at radius 3 is 1.08 bits per heavy atom. The summed E-state index contributed by atoms with van der Waals surface area (Å²) in [6, 6.07) is 65.5. The average Bonchev–Trinajstić information content (AvgIpc) is 3.22. The van der Waals surface area contributed by atoms with E-state index in [1.807, 2.05) is 133 Å². The third kappa shape index (κ3) is 6.39. The SMILES string of the molecule is N#Cc1cccc2c(-c3c(P(Oc4ccccc4)c4ccccc4)ccc4c(C#N)cccc34)c(P(Oc3ccccc3)c3ccccc3)ccc12. The number of nitrogens with zero attached hydrogens (tertiary/aromatic N) is 2. The molecule has 0 spiro atoms. The lowest BCUT2D eigenvalue weighted by Gasteiger charge is -2.27. The van der Waals surface area contributed by atoms with Crippen LogP contribution in [0.15, 0.2) is 182 Å². The molecule has 0 radical (unpaired) electrons. The molecule has 4 nitrogen and oxygen atoms in total. The summed E-state index contributed by atoms with van der Waals surface area (Å²) in [5, 5.41) is 28.3. The molecule has 0 aliphatic carbocycles. The molecule has 0 aliphatic rings. The number of para-hydroxylation sites is 2. The molecule has 0 saturated heterocycles. The molecule has 0 heterocycles. The monoisotopic (exact) mass is 704 g/mol. The third-order valence-corrected chi connectivity index (χ3v) is 12.8. The van der Waals surface area contributed by atoms with Gasteiger partial charge in [-0.25, -0.2) is 0 Å². The zero-order valence-electron chi connectivity index (χ0n) is 27.9. The molecule has 8 rings (SSSR count). The normalized spacial score (nSPS) is 12.0. The van der Waals surface area contributed by atoms with Gasteiger partial charge in [-0.2, -0.15) is 10.5 Å². The second-order valence-electron chi connectivity index (χ2n) is 12.0. The first-order valence-electron chi connectivity index (χ1n) is 16.8. The second kappa shape index (κ2) is 14.9. The molecule has 0 bridgehead atoms. The van der Waals surface area contributed by atoms with Gasteiger partial charge in [-0.05, 0) is 59.3 Å². The molecule has 8 aromatic rings. The lowest BCUT2D eigenvalue weighted by molar-refractivity contribution is 0.629. The van der Waals surface area contributed by atoms with Crippen LogP contribution in [0.4, 0.5) is 0 Å². The fraction of sp³-hybridized carbons (Fsp3) is 0. The van der Waals surface area contributed by atoms with Crippen molar-refractivity contribution in [2.75, 3.05) is 0 Å². The minimum Gasteiger partial charge on any atom is -0.464 e. The highest BCUT2D eigenvalue weighted by Gasteiger charge is 2.30. The van der Waals surface area contributed by atoms with E-state index in [1.165, 1.54) is 0 Å². The molecule has 6 heteroatoms. The maximum absolute atomic E-state index is 10.3. The zero-order valence-corrected chi connectivity index (χ0v) is 29.7. The first-order valence-corrected chi connectivity index (χ1v) is 19.3. The van der Waals surface area contributed by atoms with Gasteiger partial charge in [-0.1, -0.05) is 133 Å². The molecule has 0 fully saturated rings. The molecule has 2 atom stereocenters. The van der Waals surface area contributed by atoms with Gasteiger partial charge in [0.25, 0.3) is 0 Å². The van der Waals surface area contributed by atoms with Crippen molar-refractivity contribution < 1.29 is 9.05 Å².